The lowest BCUT2D eigenvalue weighted by Gasteiger charge is -2.31. The highest BCUT2D eigenvalue weighted by Gasteiger charge is 2.42. The molecule has 0 atom stereocenters. The fraction of sp³-hybridized carbons (Fsp3) is 1.00. The molecule has 0 aromatic rings. The second-order valence-corrected chi connectivity index (χ2v) is 24.2. The van der Waals surface area contributed by atoms with Crippen LogP contribution in [0.1, 0.15) is 0 Å². The van der Waals surface area contributed by atoms with Gasteiger partial charge in [-0.05, 0) is 11.3 Å². The molecule has 7 heavy (non-hydrogen) atoms. The van der Waals surface area contributed by atoms with Gasteiger partial charge in [0.1, 0.15) is 7.42 Å². The lowest BCUT2D eigenvalue weighted by atomic mass is 11.8. The quantitative estimate of drug-likeness (QED) is 0.474. The van der Waals surface area contributed by atoms with Gasteiger partial charge < -0.3 is 0 Å². The number of rotatable bonds is 0. The zero-order valence-corrected chi connectivity index (χ0v) is 10.5. The Hall–Kier alpha value is 1.87. The van der Waals surface area contributed by atoms with Gasteiger partial charge in [-0.3, -0.25) is 0 Å². The van der Waals surface area contributed by atoms with Crippen LogP contribution in [0.2, 0.25) is 11.3 Å². The fourth-order valence-corrected chi connectivity index (χ4v) is 45.0. The monoisotopic (exact) mass is 322 g/mol. The van der Waals surface area contributed by atoms with Crippen LogP contribution in [0.25, 0.3) is 0 Å². The maximum absolute atomic E-state index is 3.66. The van der Waals surface area contributed by atoms with E-state index in [-0.39, 0.29) is 7.42 Å². The Balaban J connectivity index is 2.29. The molecule has 0 aromatic heterocycles. The summed E-state index contributed by atoms with van der Waals surface area (Å²) in [4.78, 5) is 0. The molecule has 42 valence electrons. The predicted molar refractivity (Wildman–Crippen MR) is 49.3 cm³/mol. The summed E-state index contributed by atoms with van der Waals surface area (Å²) in [5.74, 6) is 0. The largest absolute Gasteiger partial charge is 0.197 e. The van der Waals surface area contributed by atoms with Gasteiger partial charge >= 0.3 is 0 Å². The van der Waals surface area contributed by atoms with Gasteiger partial charge in [-0.15, -0.1) is 45.9 Å². The van der Waals surface area contributed by atoms with Crippen LogP contribution >= 0.6 is 45.9 Å². The molecular formula is C2H5Br3Si2. The minimum Gasteiger partial charge on any atom is -0.131 e. The Labute approximate surface area is 69.4 Å². The highest BCUT2D eigenvalue weighted by atomic mass is 79.9. The van der Waals surface area contributed by atoms with Crippen LogP contribution in [-0.2, 0) is 0 Å². The Bertz CT molecular complexity index is 75.0. The van der Waals surface area contributed by atoms with E-state index in [2.05, 4.69) is 45.9 Å². The second kappa shape index (κ2) is 2.24. The average molecular weight is 325 g/mol. The maximum Gasteiger partial charge on any atom is 0.197 e. The van der Waals surface area contributed by atoms with Gasteiger partial charge in [0.05, 0.1) is 0 Å². The molecule has 5 heteroatoms. The molecule has 0 bridgehead atoms. The predicted octanol–water partition coefficient (Wildman–Crippen LogP) is 2.43. The van der Waals surface area contributed by atoms with E-state index >= 15 is 0 Å². The zero-order chi connectivity index (χ0) is 5.49. The third-order valence-electron chi connectivity index (χ3n) is 1.04. The van der Waals surface area contributed by atoms with Gasteiger partial charge in [0.15, 0.2) is 5.31 Å². The molecule has 1 saturated heterocycles. The van der Waals surface area contributed by atoms with Crippen molar-refractivity contribution < 1.29 is 0 Å². The molecule has 0 nitrogen and oxygen atoms in total. The third kappa shape index (κ3) is 1.93. The van der Waals surface area contributed by atoms with Crippen LogP contribution < -0.4 is 0 Å². The lowest BCUT2D eigenvalue weighted by molar-refractivity contribution is 1.66. The number of hydrogen-bond donors (Lipinski definition) is 0. The van der Waals surface area contributed by atoms with Gasteiger partial charge in [-0.25, -0.2) is 0 Å². The summed E-state index contributed by atoms with van der Waals surface area (Å²) in [7, 11) is -0.314. The van der Waals surface area contributed by atoms with Crippen molar-refractivity contribution in [2.75, 3.05) is 0 Å². The van der Waals surface area contributed by atoms with Crippen LogP contribution in [0, 0.1) is 0 Å². The Morgan fingerprint density at radius 2 is 1.71 bits per heavy atom. The molecule has 0 radical (unpaired) electrons. The molecule has 1 heterocycles. The first-order valence-electron chi connectivity index (χ1n) is 2.12. The highest BCUT2D eigenvalue weighted by Crippen LogP contribution is 2.43. The van der Waals surface area contributed by atoms with E-state index in [1.165, 1.54) is 11.3 Å². The van der Waals surface area contributed by atoms with Crippen LogP contribution in [0.3, 0.4) is 0 Å². The molecule has 1 fully saturated rings. The molecule has 1 aliphatic heterocycles. The Morgan fingerprint density at radius 1 is 1.29 bits per heavy atom. The number of halogens is 3. The van der Waals surface area contributed by atoms with Gasteiger partial charge in [-0.1, -0.05) is 0 Å². The molecule has 1 aliphatic rings. The Morgan fingerprint density at radius 3 is 1.71 bits per heavy atom. The van der Waals surface area contributed by atoms with Crippen molar-refractivity contribution in [2.24, 2.45) is 0 Å². The van der Waals surface area contributed by atoms with E-state index in [4.69, 9.17) is 0 Å². The molecule has 0 unspecified atom stereocenters. The SMILES string of the molecule is Br[SiH]1C[Si](Br)(Br)C1. The molecule has 1 rings (SSSR count). The van der Waals surface area contributed by atoms with Crippen LogP contribution in [0.15, 0.2) is 0 Å². The second-order valence-electron chi connectivity index (χ2n) is 1.86. The van der Waals surface area contributed by atoms with Crippen molar-refractivity contribution in [3.05, 3.63) is 0 Å². The fourth-order valence-electron chi connectivity index (χ4n) is 0.588. The smallest absolute Gasteiger partial charge is 0.131 e. The van der Waals surface area contributed by atoms with Crippen molar-refractivity contribution in [2.45, 2.75) is 11.3 Å². The molecule has 0 N–H and O–H groups in total. The van der Waals surface area contributed by atoms with E-state index < -0.39 is 5.31 Å². The zero-order valence-electron chi connectivity index (χ0n) is 3.63. The molecule has 0 amide bonds. The van der Waals surface area contributed by atoms with Gasteiger partial charge in [0.2, 0.25) is 0 Å². The minimum atomic E-state index is -0.874. The van der Waals surface area contributed by atoms with Crippen molar-refractivity contribution in [1.82, 2.24) is 0 Å². The van der Waals surface area contributed by atoms with Crippen molar-refractivity contribution in [1.29, 1.82) is 0 Å². The van der Waals surface area contributed by atoms with E-state index in [1.807, 2.05) is 0 Å². The van der Waals surface area contributed by atoms with Crippen molar-refractivity contribution in [3.63, 3.8) is 0 Å². The first-order valence-corrected chi connectivity index (χ1v) is 13.9. The average Bonchev–Trinajstić information content (AvgIpc) is 1.27. The summed E-state index contributed by atoms with van der Waals surface area (Å²) in [6, 6.07) is 0. The van der Waals surface area contributed by atoms with Gasteiger partial charge in [0, 0.05) is 0 Å². The highest BCUT2D eigenvalue weighted by molar-refractivity contribution is 9.51. The lowest BCUT2D eigenvalue weighted by Crippen LogP contribution is -2.39. The summed E-state index contributed by atoms with van der Waals surface area (Å²) in [5, 5.41) is -0.874. The molecule has 0 aromatic carbocycles. The van der Waals surface area contributed by atoms with Gasteiger partial charge in [-0.2, -0.15) is 0 Å². The Kier molecular flexibility index (Phi) is 2.24. The van der Waals surface area contributed by atoms with E-state index in [0.29, 0.717) is 0 Å². The van der Waals surface area contributed by atoms with Crippen molar-refractivity contribution >= 4 is 58.6 Å². The molecule has 0 aliphatic carbocycles. The molecule has 0 spiro atoms. The van der Waals surface area contributed by atoms with E-state index in [1.54, 1.807) is 0 Å². The van der Waals surface area contributed by atoms with Crippen LogP contribution in [-0.4, -0.2) is 12.7 Å². The van der Waals surface area contributed by atoms with Gasteiger partial charge in [0.25, 0.3) is 0 Å². The molecular weight excluding hydrogens is 320 g/mol. The van der Waals surface area contributed by atoms with E-state index in [9.17, 15) is 0 Å². The summed E-state index contributed by atoms with van der Waals surface area (Å²) >= 11 is 11.0. The summed E-state index contributed by atoms with van der Waals surface area (Å²) in [6.45, 7) is 0. The van der Waals surface area contributed by atoms with Crippen molar-refractivity contribution in [3.8, 4) is 0 Å². The van der Waals surface area contributed by atoms with E-state index in [0.717, 1.165) is 0 Å². The molecule has 0 saturated carbocycles. The maximum atomic E-state index is 3.66. The first kappa shape index (κ1) is 6.99. The summed E-state index contributed by atoms with van der Waals surface area (Å²) in [5.41, 5.74) is 2.93. The normalized spacial score (nSPS) is 29.6. The minimum absolute atomic E-state index is 0.314. The number of hydrogen-bond acceptors (Lipinski definition) is 0. The van der Waals surface area contributed by atoms with Crippen LogP contribution in [0.4, 0.5) is 0 Å². The van der Waals surface area contributed by atoms with Crippen LogP contribution in [0.5, 0.6) is 0 Å². The summed E-state index contributed by atoms with van der Waals surface area (Å²) < 4.78 is 0. The first-order chi connectivity index (χ1) is 3.10. The third-order valence-corrected chi connectivity index (χ3v) is 26.8. The standard InChI is InChI=1S/C2H5Br3Si2/c3-6-1-7(4,5)2-6/h6H,1-2H2. The summed E-state index contributed by atoms with van der Waals surface area (Å²) in [6.07, 6.45) is 0. The topological polar surface area (TPSA) is 0 Å².